The van der Waals surface area contributed by atoms with Crippen LogP contribution in [-0.4, -0.2) is 29.4 Å². The molecule has 1 aliphatic heterocycles. The number of hydrogen-bond acceptors (Lipinski definition) is 4. The van der Waals surface area contributed by atoms with Crippen molar-refractivity contribution in [2.75, 3.05) is 18.1 Å². The van der Waals surface area contributed by atoms with Crippen LogP contribution in [0.15, 0.2) is 79.0 Å². The van der Waals surface area contributed by atoms with Crippen molar-refractivity contribution >= 4 is 28.3 Å². The van der Waals surface area contributed by atoms with Gasteiger partial charge in [0.15, 0.2) is 12.4 Å². The number of fused-ring (bicyclic) bond motifs is 2. The highest BCUT2D eigenvalue weighted by Gasteiger charge is 2.26. The number of hydrogen-bond donors (Lipinski definition) is 0. The first kappa shape index (κ1) is 21.8. The molecule has 6 nitrogen and oxygen atoms in total. The summed E-state index contributed by atoms with van der Waals surface area (Å²) in [6.07, 6.45) is 2.74. The Morgan fingerprint density at radius 1 is 1.03 bits per heavy atom. The Bertz CT molecular complexity index is 1340. The van der Waals surface area contributed by atoms with E-state index in [0.29, 0.717) is 30.2 Å². The number of benzene rings is 3. The van der Waals surface area contributed by atoms with Gasteiger partial charge in [-0.15, -0.1) is 0 Å². The van der Waals surface area contributed by atoms with Crippen molar-refractivity contribution in [2.45, 2.75) is 26.5 Å². The number of anilines is 1. The van der Waals surface area contributed by atoms with Gasteiger partial charge in [0.05, 0.1) is 17.7 Å². The topological polar surface area (TPSA) is 60.8 Å². The third-order valence-electron chi connectivity index (χ3n) is 6.00. The van der Waals surface area contributed by atoms with E-state index in [4.69, 9.17) is 9.47 Å². The Hall–Kier alpha value is -4.06. The largest absolute Gasteiger partial charge is 0.488 e. The fourth-order valence-electron chi connectivity index (χ4n) is 4.28. The molecule has 0 fully saturated rings. The zero-order valence-electron chi connectivity index (χ0n) is 19.1. The van der Waals surface area contributed by atoms with Crippen LogP contribution in [0.1, 0.15) is 29.3 Å². The highest BCUT2D eigenvalue weighted by atomic mass is 16.5. The molecule has 1 amide bonds. The van der Waals surface area contributed by atoms with Gasteiger partial charge >= 0.3 is 0 Å². The van der Waals surface area contributed by atoms with Gasteiger partial charge < -0.3 is 18.9 Å². The van der Waals surface area contributed by atoms with Crippen molar-refractivity contribution in [3.63, 3.8) is 0 Å². The second-order valence-electron chi connectivity index (χ2n) is 8.35. The number of carbonyl (C=O) groups is 2. The molecule has 0 spiro atoms. The molecule has 0 bridgehead atoms. The van der Waals surface area contributed by atoms with Gasteiger partial charge in [0.25, 0.3) is 5.91 Å². The highest BCUT2D eigenvalue weighted by molar-refractivity contribution is 6.02. The quantitative estimate of drug-likeness (QED) is 0.342. The molecule has 0 aliphatic carbocycles. The average Bonchev–Trinajstić information content (AvgIpc) is 3.28. The van der Waals surface area contributed by atoms with Crippen molar-refractivity contribution < 1.29 is 19.1 Å². The van der Waals surface area contributed by atoms with Crippen LogP contribution in [0, 0.1) is 0 Å². The summed E-state index contributed by atoms with van der Waals surface area (Å²) in [7, 11) is 0. The van der Waals surface area contributed by atoms with Crippen LogP contribution < -0.4 is 14.4 Å². The predicted molar refractivity (Wildman–Crippen MR) is 132 cm³/mol. The molecule has 172 valence electrons. The van der Waals surface area contributed by atoms with Gasteiger partial charge in [0, 0.05) is 23.7 Å². The standard InChI is InChI=1S/C28H26N2O4/c1-2-14-30-24-16-21(11-12-27(24)34-19-28(30)32)25(31)17-29-15-13-22-23(29)9-6-10-26(22)33-18-20-7-4-3-5-8-20/h3-13,15-16H,2,14,17-19H2,1H3. The zero-order valence-corrected chi connectivity index (χ0v) is 19.1. The molecule has 0 radical (unpaired) electrons. The van der Waals surface area contributed by atoms with E-state index < -0.39 is 0 Å². The number of rotatable bonds is 8. The Morgan fingerprint density at radius 2 is 1.88 bits per heavy atom. The molecular formula is C28H26N2O4. The lowest BCUT2D eigenvalue weighted by atomic mass is 10.1. The zero-order chi connectivity index (χ0) is 23.5. The maximum Gasteiger partial charge on any atom is 0.265 e. The third-order valence-corrected chi connectivity index (χ3v) is 6.00. The van der Waals surface area contributed by atoms with Gasteiger partial charge in [-0.3, -0.25) is 9.59 Å². The van der Waals surface area contributed by atoms with Crippen LogP contribution in [0.2, 0.25) is 0 Å². The Kier molecular flexibility index (Phi) is 6.04. The summed E-state index contributed by atoms with van der Waals surface area (Å²) in [5.74, 6) is 1.30. The minimum atomic E-state index is -0.0848. The van der Waals surface area contributed by atoms with Gasteiger partial charge in [-0.05, 0) is 48.4 Å². The van der Waals surface area contributed by atoms with E-state index in [1.54, 1.807) is 23.1 Å². The average molecular weight is 455 g/mol. The van der Waals surface area contributed by atoms with Crippen LogP contribution in [0.4, 0.5) is 5.69 Å². The summed E-state index contributed by atoms with van der Waals surface area (Å²) in [6.45, 7) is 3.32. The number of nitrogens with zero attached hydrogens (tertiary/aromatic N) is 2. The molecule has 0 atom stereocenters. The van der Waals surface area contributed by atoms with Gasteiger partial charge in [-0.2, -0.15) is 0 Å². The molecule has 1 aliphatic rings. The van der Waals surface area contributed by atoms with E-state index in [2.05, 4.69) is 0 Å². The van der Waals surface area contributed by atoms with Crippen molar-refractivity contribution in [2.24, 2.45) is 0 Å². The SMILES string of the molecule is CCCN1C(=O)COc2ccc(C(=O)Cn3ccc4c(OCc5ccccc5)cccc43)cc21. The fourth-order valence-corrected chi connectivity index (χ4v) is 4.28. The van der Waals surface area contributed by atoms with E-state index in [1.165, 1.54) is 0 Å². The molecule has 0 N–H and O–H groups in total. The van der Waals surface area contributed by atoms with Gasteiger partial charge in [0.1, 0.15) is 18.1 Å². The number of ketones is 1. The number of Topliss-reactive ketones (excluding diaryl/α,β-unsaturated/α-hetero) is 1. The lowest BCUT2D eigenvalue weighted by Crippen LogP contribution is -2.39. The van der Waals surface area contributed by atoms with E-state index in [1.807, 2.05) is 72.3 Å². The van der Waals surface area contributed by atoms with Crippen molar-refractivity contribution in [3.8, 4) is 11.5 Å². The smallest absolute Gasteiger partial charge is 0.265 e. The van der Waals surface area contributed by atoms with Crippen molar-refractivity contribution in [1.29, 1.82) is 0 Å². The Morgan fingerprint density at radius 3 is 2.71 bits per heavy atom. The summed E-state index contributed by atoms with van der Waals surface area (Å²) >= 11 is 0. The van der Waals surface area contributed by atoms with Crippen LogP contribution in [0.5, 0.6) is 11.5 Å². The molecule has 0 saturated heterocycles. The molecule has 0 unspecified atom stereocenters. The monoisotopic (exact) mass is 454 g/mol. The Balaban J connectivity index is 1.37. The summed E-state index contributed by atoms with van der Waals surface area (Å²) in [5, 5.41) is 0.963. The first-order valence-electron chi connectivity index (χ1n) is 11.5. The molecule has 1 aromatic heterocycles. The van der Waals surface area contributed by atoms with Crippen LogP contribution in [0.3, 0.4) is 0 Å². The maximum absolute atomic E-state index is 13.2. The minimum Gasteiger partial charge on any atom is -0.488 e. The number of carbonyl (C=O) groups excluding carboxylic acids is 2. The van der Waals surface area contributed by atoms with Crippen molar-refractivity contribution in [1.82, 2.24) is 4.57 Å². The highest BCUT2D eigenvalue weighted by Crippen LogP contribution is 2.34. The molecule has 0 saturated carbocycles. The summed E-state index contributed by atoms with van der Waals surface area (Å²) in [4.78, 5) is 27.2. The van der Waals surface area contributed by atoms with Gasteiger partial charge in [-0.25, -0.2) is 0 Å². The third kappa shape index (κ3) is 4.27. The number of ether oxygens (including phenoxy) is 2. The lowest BCUT2D eigenvalue weighted by molar-refractivity contribution is -0.121. The molecule has 34 heavy (non-hydrogen) atoms. The first-order chi connectivity index (χ1) is 16.6. The fraction of sp³-hybridized carbons (Fsp3) is 0.214. The molecule has 2 heterocycles. The molecule has 6 heteroatoms. The van der Waals surface area contributed by atoms with E-state index in [-0.39, 0.29) is 24.8 Å². The second-order valence-corrected chi connectivity index (χ2v) is 8.35. The molecule has 4 aromatic rings. The van der Waals surface area contributed by atoms with E-state index in [0.717, 1.165) is 28.6 Å². The summed E-state index contributed by atoms with van der Waals surface area (Å²) in [5.41, 5.74) is 3.25. The second kappa shape index (κ2) is 9.43. The number of amides is 1. The summed E-state index contributed by atoms with van der Waals surface area (Å²) < 4.78 is 13.6. The summed E-state index contributed by atoms with van der Waals surface area (Å²) in [6, 6.07) is 23.2. The lowest BCUT2D eigenvalue weighted by Gasteiger charge is -2.29. The Labute approximate surface area is 198 Å². The van der Waals surface area contributed by atoms with E-state index in [9.17, 15) is 9.59 Å². The normalized spacial score (nSPS) is 13.0. The van der Waals surface area contributed by atoms with Crippen LogP contribution in [0.25, 0.3) is 10.9 Å². The predicted octanol–water partition coefficient (Wildman–Crippen LogP) is 5.24. The van der Waals surface area contributed by atoms with Crippen LogP contribution in [-0.2, 0) is 17.9 Å². The van der Waals surface area contributed by atoms with Crippen molar-refractivity contribution in [3.05, 3.63) is 90.1 Å². The van der Waals surface area contributed by atoms with E-state index >= 15 is 0 Å². The van der Waals surface area contributed by atoms with Gasteiger partial charge in [0.2, 0.25) is 0 Å². The first-order valence-corrected chi connectivity index (χ1v) is 11.5. The minimum absolute atomic E-state index is 0.0321. The number of aromatic nitrogens is 1. The molecule has 3 aromatic carbocycles. The van der Waals surface area contributed by atoms with Crippen LogP contribution >= 0.6 is 0 Å². The maximum atomic E-state index is 13.2. The molecular weight excluding hydrogens is 428 g/mol. The van der Waals surface area contributed by atoms with Gasteiger partial charge in [-0.1, -0.05) is 43.3 Å². The molecule has 5 rings (SSSR count).